The number of ether oxygens (including phenoxy) is 1. The number of non-ortho nitro benzene ring substituents is 1. The number of nitrogens with one attached hydrogen (secondary N) is 2. The number of carbonyl (C=O) groups excluding carboxylic acids is 1. The van der Waals surface area contributed by atoms with Crippen molar-refractivity contribution in [2.45, 2.75) is 25.9 Å². The largest absolute Gasteiger partial charge is 0.461 e. The normalized spacial score (nSPS) is 18.4. The van der Waals surface area contributed by atoms with Gasteiger partial charge in [0, 0.05) is 23.9 Å². The number of fused-ring (bicyclic) bond motifs is 1. The van der Waals surface area contributed by atoms with Gasteiger partial charge in [-0.3, -0.25) is 14.8 Å². The van der Waals surface area contributed by atoms with E-state index in [1.165, 1.54) is 22.9 Å². The molecule has 0 radical (unpaired) electrons. The van der Waals surface area contributed by atoms with Gasteiger partial charge in [-0.1, -0.05) is 0 Å². The van der Waals surface area contributed by atoms with Crippen LogP contribution in [0.5, 0.6) is 0 Å². The molecule has 11 heteroatoms. The fourth-order valence-corrected chi connectivity index (χ4v) is 2.60. The monoisotopic (exact) mass is 363 g/mol. The van der Waals surface area contributed by atoms with Crippen molar-refractivity contribution in [2.75, 3.05) is 17.2 Å². The summed E-state index contributed by atoms with van der Waals surface area (Å²) in [4.78, 5) is 22.3. The minimum atomic E-state index is -1.31. The second-order valence-electron chi connectivity index (χ2n) is 5.58. The summed E-state index contributed by atoms with van der Waals surface area (Å²) in [5.74, 6) is -0.564. The molecule has 0 saturated carbocycles. The Labute approximate surface area is 147 Å². The van der Waals surface area contributed by atoms with Crippen molar-refractivity contribution < 1.29 is 24.7 Å². The lowest BCUT2D eigenvalue weighted by Gasteiger charge is -2.30. The fraction of sp³-hybridized carbons (Fsp3) is 0.333. The van der Waals surface area contributed by atoms with Crippen molar-refractivity contribution in [3.8, 4) is 0 Å². The van der Waals surface area contributed by atoms with Crippen LogP contribution in [-0.2, 0) is 11.3 Å². The van der Waals surface area contributed by atoms with Crippen LogP contribution in [0, 0.1) is 10.1 Å². The number of aromatic nitrogens is 2. The lowest BCUT2D eigenvalue weighted by Crippen LogP contribution is -2.43. The Morgan fingerprint density at radius 1 is 1.38 bits per heavy atom. The minimum absolute atomic E-state index is 0.0981. The number of benzene rings is 1. The number of hydrogen-bond donors (Lipinski definition) is 4. The average molecular weight is 363 g/mol. The van der Waals surface area contributed by atoms with Gasteiger partial charge in [-0.25, -0.2) is 4.79 Å². The standard InChI is InChI=1S/C15H17N5O6/c1-2-26-15(23)10-3-4-19(18-10)7-8-5-9(20(24)25)6-11-12(8)17-14(22)13(21)16-11/h3-6,13-14,16-17,21-22H,2,7H2,1H3. The van der Waals surface area contributed by atoms with E-state index < -0.39 is 23.3 Å². The summed E-state index contributed by atoms with van der Waals surface area (Å²) in [6, 6.07) is 4.07. The van der Waals surface area contributed by atoms with E-state index in [1.54, 1.807) is 13.1 Å². The molecule has 26 heavy (non-hydrogen) atoms. The molecule has 1 aliphatic rings. The highest BCUT2D eigenvalue weighted by molar-refractivity contribution is 5.87. The number of esters is 1. The van der Waals surface area contributed by atoms with Crippen LogP contribution >= 0.6 is 0 Å². The molecule has 3 rings (SSSR count). The summed E-state index contributed by atoms with van der Waals surface area (Å²) >= 11 is 0. The molecule has 0 saturated heterocycles. The molecule has 1 aromatic carbocycles. The maximum absolute atomic E-state index is 11.7. The number of aliphatic hydroxyl groups excluding tert-OH is 2. The fourth-order valence-electron chi connectivity index (χ4n) is 2.60. The van der Waals surface area contributed by atoms with Crippen molar-refractivity contribution in [1.29, 1.82) is 0 Å². The van der Waals surface area contributed by atoms with Crippen molar-refractivity contribution in [3.63, 3.8) is 0 Å². The van der Waals surface area contributed by atoms with Gasteiger partial charge < -0.3 is 25.6 Å². The summed E-state index contributed by atoms with van der Waals surface area (Å²) < 4.78 is 6.29. The van der Waals surface area contributed by atoms with Crippen molar-refractivity contribution in [2.24, 2.45) is 0 Å². The molecule has 0 spiro atoms. The first kappa shape index (κ1) is 17.6. The molecule has 0 bridgehead atoms. The highest BCUT2D eigenvalue weighted by Gasteiger charge is 2.28. The first-order valence-corrected chi connectivity index (χ1v) is 7.80. The molecule has 1 aromatic heterocycles. The van der Waals surface area contributed by atoms with Gasteiger partial charge >= 0.3 is 5.97 Å². The molecule has 2 unspecified atom stereocenters. The number of anilines is 2. The first-order chi connectivity index (χ1) is 12.4. The quantitative estimate of drug-likeness (QED) is 0.338. The number of aliphatic hydroxyl groups is 2. The van der Waals surface area contributed by atoms with E-state index >= 15 is 0 Å². The highest BCUT2D eigenvalue weighted by Crippen LogP contribution is 2.35. The van der Waals surface area contributed by atoms with Gasteiger partial charge in [-0.2, -0.15) is 5.10 Å². The third kappa shape index (κ3) is 3.43. The first-order valence-electron chi connectivity index (χ1n) is 7.80. The Kier molecular flexibility index (Phi) is 4.73. The van der Waals surface area contributed by atoms with Crippen LogP contribution < -0.4 is 10.6 Å². The summed E-state index contributed by atoms with van der Waals surface area (Å²) in [5, 5.41) is 40.0. The Morgan fingerprint density at radius 2 is 2.12 bits per heavy atom. The maximum atomic E-state index is 11.7. The number of nitro groups is 1. The molecule has 2 aromatic rings. The number of rotatable bonds is 5. The number of nitrogens with zero attached hydrogens (tertiary/aromatic N) is 3. The third-order valence-corrected chi connectivity index (χ3v) is 3.77. The second kappa shape index (κ2) is 6.98. The van der Waals surface area contributed by atoms with Gasteiger partial charge in [0.25, 0.3) is 5.69 Å². The van der Waals surface area contributed by atoms with Gasteiger partial charge in [-0.05, 0) is 13.0 Å². The number of nitro benzene ring substituents is 1. The molecule has 138 valence electrons. The predicted molar refractivity (Wildman–Crippen MR) is 89.6 cm³/mol. The van der Waals surface area contributed by atoms with E-state index in [2.05, 4.69) is 15.7 Å². The van der Waals surface area contributed by atoms with Crippen molar-refractivity contribution >= 4 is 23.0 Å². The lowest BCUT2D eigenvalue weighted by atomic mass is 10.1. The summed E-state index contributed by atoms with van der Waals surface area (Å²) in [5.41, 5.74) is 1.07. The zero-order valence-corrected chi connectivity index (χ0v) is 13.7. The van der Waals surface area contributed by atoms with E-state index in [0.29, 0.717) is 11.3 Å². The summed E-state index contributed by atoms with van der Waals surface area (Å²) in [6.45, 7) is 2.00. The van der Waals surface area contributed by atoms with Crippen LogP contribution in [0.4, 0.5) is 17.1 Å². The second-order valence-corrected chi connectivity index (χ2v) is 5.58. The number of hydrogen-bond acceptors (Lipinski definition) is 9. The average Bonchev–Trinajstić information content (AvgIpc) is 3.05. The molecule has 0 amide bonds. The van der Waals surface area contributed by atoms with E-state index in [9.17, 15) is 25.1 Å². The van der Waals surface area contributed by atoms with Crippen molar-refractivity contribution in [3.05, 3.63) is 45.8 Å². The molecule has 2 atom stereocenters. The summed E-state index contributed by atoms with van der Waals surface area (Å²) in [6.07, 6.45) is -1.05. The lowest BCUT2D eigenvalue weighted by molar-refractivity contribution is -0.384. The van der Waals surface area contributed by atoms with Gasteiger partial charge in [0.1, 0.15) is 0 Å². The van der Waals surface area contributed by atoms with Gasteiger partial charge in [-0.15, -0.1) is 0 Å². The van der Waals surface area contributed by atoms with E-state index in [0.717, 1.165) is 0 Å². The maximum Gasteiger partial charge on any atom is 0.358 e. The van der Waals surface area contributed by atoms with Crippen LogP contribution in [0.3, 0.4) is 0 Å². The Hall–Kier alpha value is -3.18. The van der Waals surface area contributed by atoms with Gasteiger partial charge in [0.15, 0.2) is 18.1 Å². The molecule has 0 aliphatic carbocycles. The van der Waals surface area contributed by atoms with Crippen LogP contribution in [0.15, 0.2) is 24.4 Å². The smallest absolute Gasteiger partial charge is 0.358 e. The Morgan fingerprint density at radius 3 is 2.81 bits per heavy atom. The molecule has 0 fully saturated rings. The van der Waals surface area contributed by atoms with E-state index in [-0.39, 0.29) is 30.2 Å². The van der Waals surface area contributed by atoms with E-state index in [1.807, 2.05) is 0 Å². The van der Waals surface area contributed by atoms with Gasteiger partial charge in [0.2, 0.25) is 0 Å². The number of carbonyl (C=O) groups is 1. The third-order valence-electron chi connectivity index (χ3n) is 3.77. The van der Waals surface area contributed by atoms with Crippen LogP contribution in [0.1, 0.15) is 23.0 Å². The summed E-state index contributed by atoms with van der Waals surface area (Å²) in [7, 11) is 0. The molecular weight excluding hydrogens is 346 g/mol. The van der Waals surface area contributed by atoms with E-state index in [4.69, 9.17) is 4.74 Å². The van der Waals surface area contributed by atoms with Crippen molar-refractivity contribution in [1.82, 2.24) is 9.78 Å². The van der Waals surface area contributed by atoms with Crippen LogP contribution in [0.25, 0.3) is 0 Å². The topological polar surface area (TPSA) is 152 Å². The zero-order valence-electron chi connectivity index (χ0n) is 13.7. The molecule has 1 aliphatic heterocycles. The molecule has 11 nitrogen and oxygen atoms in total. The Balaban J connectivity index is 1.94. The molecule has 4 N–H and O–H groups in total. The SMILES string of the molecule is CCOC(=O)c1ccn(Cc2cc([N+](=O)[O-])cc3c2NC(O)C(O)N3)n1. The molecular formula is C15H17N5O6. The minimum Gasteiger partial charge on any atom is -0.461 e. The molecule has 2 heterocycles. The van der Waals surface area contributed by atoms with Crippen LogP contribution in [0.2, 0.25) is 0 Å². The zero-order chi connectivity index (χ0) is 18.8. The Bertz CT molecular complexity index is 851. The predicted octanol–water partition coefficient (Wildman–Crippen LogP) is 0.490. The van der Waals surface area contributed by atoms with Crippen LogP contribution in [-0.4, -0.2) is 49.9 Å². The highest BCUT2D eigenvalue weighted by atomic mass is 16.6. The van der Waals surface area contributed by atoms with Gasteiger partial charge in [0.05, 0.1) is 29.4 Å².